The molecule has 0 fully saturated rings. The standard InChI is InChI=1S/C44H28N8O/c53-39-21-34-40-35-17-30-9-5-26(47-30)13-22-1-3-24(45-22)15-28-7-11-32(49-28)19-37(51-35)42(40)44(39)43-38-20-33-12-8-29(50-33)16-25-4-2-23(46-25)14-27-6-10-31(48-27)18-36(52-38)41(34)43/h1-20,34,44-46,51-52H,21H2. The van der Waals surface area contributed by atoms with E-state index in [-0.39, 0.29) is 11.7 Å². The fraction of sp³-hybridized carbons (Fsp3) is 0.0682. The van der Waals surface area contributed by atoms with Crippen LogP contribution in [-0.4, -0.2) is 45.7 Å². The van der Waals surface area contributed by atoms with Crippen LogP contribution >= 0.6 is 0 Å². The first kappa shape index (κ1) is 28.6. The molecule has 4 N–H and O–H groups in total. The number of nitrogens with one attached hydrogen (secondary N) is 4. The van der Waals surface area contributed by atoms with Crippen molar-refractivity contribution in [1.29, 1.82) is 0 Å². The second kappa shape index (κ2) is 10.5. The van der Waals surface area contributed by atoms with Crippen molar-refractivity contribution in [3.63, 3.8) is 0 Å². The zero-order valence-corrected chi connectivity index (χ0v) is 28.1. The Morgan fingerprint density at radius 3 is 1.04 bits per heavy atom. The Labute approximate surface area is 301 Å². The Balaban J connectivity index is 1.17. The molecule has 0 saturated heterocycles. The minimum Gasteiger partial charge on any atom is -0.355 e. The van der Waals surface area contributed by atoms with Crippen LogP contribution in [0, 0.1) is 0 Å². The predicted octanol–water partition coefficient (Wildman–Crippen LogP) is 9.17. The molecule has 4 aliphatic heterocycles. The molecule has 6 aromatic heterocycles. The van der Waals surface area contributed by atoms with Crippen LogP contribution in [0.2, 0.25) is 0 Å². The summed E-state index contributed by atoms with van der Waals surface area (Å²) in [7, 11) is 0. The summed E-state index contributed by atoms with van der Waals surface area (Å²) in [6.45, 7) is 0. The van der Waals surface area contributed by atoms with E-state index in [1.54, 1.807) is 0 Å². The number of carbonyl (C=O) groups excluding carboxylic acids is 1. The molecule has 18 bridgehead atoms. The van der Waals surface area contributed by atoms with Crippen LogP contribution in [0.3, 0.4) is 0 Å². The number of H-pyrrole nitrogens is 4. The fourth-order valence-corrected chi connectivity index (χ4v) is 8.75. The third-order valence-corrected chi connectivity index (χ3v) is 10.9. The second-order valence-corrected chi connectivity index (χ2v) is 14.3. The number of hydrogen-bond donors (Lipinski definition) is 4. The summed E-state index contributed by atoms with van der Waals surface area (Å²) in [5.41, 5.74) is 18.6. The number of hydrogen-bond acceptors (Lipinski definition) is 5. The van der Waals surface area contributed by atoms with Gasteiger partial charge in [-0.05, 0) is 144 Å². The molecule has 53 heavy (non-hydrogen) atoms. The highest BCUT2D eigenvalue weighted by Crippen LogP contribution is 2.56. The minimum absolute atomic E-state index is 0.181. The molecule has 0 spiro atoms. The third kappa shape index (κ3) is 4.53. The number of aromatic nitrogens is 8. The molecule has 250 valence electrons. The van der Waals surface area contributed by atoms with Crippen molar-refractivity contribution in [3.05, 3.63) is 141 Å². The number of carbonyl (C=O) groups is 1. The quantitative estimate of drug-likeness (QED) is 0.127. The number of aromatic amines is 4. The number of rotatable bonds is 0. The van der Waals surface area contributed by atoms with Gasteiger partial charge in [-0.2, -0.15) is 0 Å². The van der Waals surface area contributed by atoms with Crippen molar-refractivity contribution in [2.24, 2.45) is 0 Å². The maximum atomic E-state index is 14.4. The highest BCUT2D eigenvalue weighted by Gasteiger charge is 2.47. The van der Waals surface area contributed by atoms with Crippen molar-refractivity contribution < 1.29 is 4.79 Å². The monoisotopic (exact) mass is 684 g/mol. The van der Waals surface area contributed by atoms with E-state index < -0.39 is 5.92 Å². The van der Waals surface area contributed by atoms with Crippen molar-refractivity contribution in [3.8, 4) is 0 Å². The zero-order chi connectivity index (χ0) is 34.8. The second-order valence-electron chi connectivity index (χ2n) is 14.3. The van der Waals surface area contributed by atoms with E-state index in [0.29, 0.717) is 6.42 Å². The Kier molecular flexibility index (Phi) is 5.63. The van der Waals surface area contributed by atoms with E-state index in [4.69, 9.17) is 19.9 Å². The largest absolute Gasteiger partial charge is 0.355 e. The lowest BCUT2D eigenvalue weighted by Crippen LogP contribution is -2.30. The number of nitrogens with zero attached hydrogens (tertiary/aromatic N) is 4. The normalized spacial score (nSPS) is 17.5. The topological polar surface area (TPSA) is 132 Å². The van der Waals surface area contributed by atoms with Gasteiger partial charge in [-0.1, -0.05) is 0 Å². The van der Waals surface area contributed by atoms with E-state index in [0.717, 1.165) is 112 Å². The molecule has 10 heterocycles. The summed E-state index contributed by atoms with van der Waals surface area (Å²) in [5, 5.41) is 0. The highest BCUT2D eigenvalue weighted by atomic mass is 16.1. The molecule has 0 aromatic carbocycles. The molecule has 3 aliphatic carbocycles. The lowest BCUT2D eigenvalue weighted by molar-refractivity contribution is -0.120. The van der Waals surface area contributed by atoms with Gasteiger partial charge in [0.15, 0.2) is 0 Å². The van der Waals surface area contributed by atoms with E-state index in [1.807, 2.05) is 85.0 Å². The smallest absolute Gasteiger partial charge is 0.145 e. The van der Waals surface area contributed by atoms with Gasteiger partial charge in [-0.15, -0.1) is 0 Å². The lowest BCUT2D eigenvalue weighted by atomic mass is 9.64. The number of ketones is 1. The van der Waals surface area contributed by atoms with Crippen LogP contribution in [-0.2, 0) is 4.79 Å². The molecule has 13 rings (SSSR count). The Morgan fingerprint density at radius 1 is 0.396 bits per heavy atom. The lowest BCUT2D eigenvalue weighted by Gasteiger charge is -2.36. The summed E-state index contributed by atoms with van der Waals surface area (Å²) in [6, 6.07) is 24.7. The van der Waals surface area contributed by atoms with Gasteiger partial charge < -0.3 is 19.9 Å². The van der Waals surface area contributed by atoms with Gasteiger partial charge in [0, 0.05) is 56.5 Å². The third-order valence-electron chi connectivity index (χ3n) is 10.9. The van der Waals surface area contributed by atoms with Crippen molar-refractivity contribution in [2.75, 3.05) is 0 Å². The number of Topliss-reactive ketones (excluding diaryl/α,β-unsaturated/α-hetero) is 1. The van der Waals surface area contributed by atoms with Crippen molar-refractivity contribution >= 4 is 98.5 Å². The maximum Gasteiger partial charge on any atom is 0.145 e. The van der Waals surface area contributed by atoms with Gasteiger partial charge in [0.05, 0.1) is 51.5 Å². The van der Waals surface area contributed by atoms with E-state index in [1.165, 1.54) is 0 Å². The van der Waals surface area contributed by atoms with Gasteiger partial charge in [0.1, 0.15) is 5.78 Å². The minimum atomic E-state index is -0.479. The molecule has 0 amide bonds. The fourth-order valence-electron chi connectivity index (χ4n) is 8.75. The van der Waals surface area contributed by atoms with Crippen molar-refractivity contribution in [2.45, 2.75) is 18.3 Å². The van der Waals surface area contributed by atoms with Crippen LogP contribution in [0.25, 0.3) is 92.7 Å². The Bertz CT molecular complexity index is 2940. The first-order valence-corrected chi connectivity index (χ1v) is 17.8. The molecule has 0 radical (unpaired) electrons. The summed E-state index contributed by atoms with van der Waals surface area (Å²) >= 11 is 0. The van der Waals surface area contributed by atoms with E-state index in [2.05, 4.69) is 56.3 Å². The van der Waals surface area contributed by atoms with Gasteiger partial charge in [0.25, 0.3) is 0 Å². The van der Waals surface area contributed by atoms with Crippen LogP contribution in [0.4, 0.5) is 0 Å². The summed E-state index contributed by atoms with van der Waals surface area (Å²) < 4.78 is 0. The van der Waals surface area contributed by atoms with Gasteiger partial charge >= 0.3 is 0 Å². The maximum absolute atomic E-state index is 14.4. The highest BCUT2D eigenvalue weighted by molar-refractivity contribution is 6.04. The van der Waals surface area contributed by atoms with Crippen LogP contribution in [0.5, 0.6) is 0 Å². The molecule has 6 aromatic rings. The molecule has 9 nitrogen and oxygen atoms in total. The molecular weight excluding hydrogens is 657 g/mol. The Hall–Kier alpha value is -7.13. The van der Waals surface area contributed by atoms with Gasteiger partial charge in [0.2, 0.25) is 0 Å². The van der Waals surface area contributed by atoms with Crippen LogP contribution in [0.15, 0.2) is 72.8 Å². The first-order valence-electron chi connectivity index (χ1n) is 17.8. The van der Waals surface area contributed by atoms with Crippen LogP contribution in [0.1, 0.15) is 86.1 Å². The van der Waals surface area contributed by atoms with Crippen LogP contribution < -0.4 is 0 Å². The first-order chi connectivity index (χ1) is 26.0. The van der Waals surface area contributed by atoms with Gasteiger partial charge in [-0.3, -0.25) is 4.79 Å². The van der Waals surface area contributed by atoms with Crippen molar-refractivity contribution in [1.82, 2.24) is 39.9 Å². The average Bonchev–Trinajstić information content (AvgIpc) is 3.98. The Morgan fingerprint density at radius 2 is 0.698 bits per heavy atom. The number of fused-ring (bicyclic) bond motifs is 17. The average molecular weight is 685 g/mol. The zero-order valence-electron chi connectivity index (χ0n) is 28.1. The molecule has 0 saturated carbocycles. The summed E-state index contributed by atoms with van der Waals surface area (Å²) in [5.74, 6) is -0.454. The molecular formula is C44H28N8O. The summed E-state index contributed by atoms with van der Waals surface area (Å²) in [4.78, 5) is 48.6. The summed E-state index contributed by atoms with van der Waals surface area (Å²) in [6.07, 6.45) is 16.7. The van der Waals surface area contributed by atoms with Gasteiger partial charge in [-0.25, -0.2) is 19.9 Å². The predicted molar refractivity (Wildman–Crippen MR) is 211 cm³/mol. The van der Waals surface area contributed by atoms with E-state index >= 15 is 0 Å². The van der Waals surface area contributed by atoms with E-state index in [9.17, 15) is 4.79 Å². The molecule has 7 aliphatic rings. The SMILES string of the molecule is O=C1CC2c3c(c4cc5nc(cc6ccc(cc7nc(cc3[nH]4)C=C7)[nH]6)C=C5)C1c1c2c2cc3nc(cc4ccc(cc5nc(cc1[nH]2)C=C5)[nH]4)C=C3. The molecule has 0 atom stereocenters. The molecule has 0 unspecified atom stereocenters. The molecule has 9 heteroatoms.